The minimum atomic E-state index is -1.36. The third-order valence-corrected chi connectivity index (χ3v) is 1.83. The molecule has 0 bridgehead atoms. The van der Waals surface area contributed by atoms with Crippen LogP contribution in [-0.4, -0.2) is 16.6 Å². The Labute approximate surface area is 90.2 Å². The summed E-state index contributed by atoms with van der Waals surface area (Å²) in [6, 6.07) is 6.47. The molecule has 1 N–H and O–H groups in total. The first-order valence-corrected chi connectivity index (χ1v) is 4.44. The fraction of sp³-hybridized carbons (Fsp3) is 0.125. The third kappa shape index (κ3) is 3.32. The molecule has 0 radical (unpaired) electrons. The zero-order chi connectivity index (χ0) is 10.6. The van der Waals surface area contributed by atoms with Crippen LogP contribution in [0.2, 0.25) is 5.02 Å². The lowest BCUT2D eigenvalue weighted by molar-refractivity contribution is -0.136. The smallest absolute Gasteiger partial charge is 0.345 e. The second-order valence-corrected chi connectivity index (χ2v) is 3.22. The van der Waals surface area contributed by atoms with Crippen LogP contribution in [0.1, 0.15) is 0 Å². The summed E-state index contributed by atoms with van der Waals surface area (Å²) in [5.41, 5.74) is -0.855. The molecule has 0 aromatic heterocycles. The van der Waals surface area contributed by atoms with E-state index < -0.39 is 11.5 Å². The van der Waals surface area contributed by atoms with Gasteiger partial charge in [0.15, 0.2) is 0 Å². The number of carbonyl (C=O) groups is 1. The maximum Gasteiger partial charge on any atom is 0.345 e. The topological polar surface area (TPSA) is 62.0 Å². The molecule has 6 heteroatoms. The molecule has 1 atom stereocenters. The van der Waals surface area contributed by atoms with Crippen LogP contribution in [0.3, 0.4) is 0 Å². The maximum atomic E-state index is 10.3. The van der Waals surface area contributed by atoms with Crippen LogP contribution in [-0.2, 0) is 4.79 Å². The summed E-state index contributed by atoms with van der Waals surface area (Å²) >= 11 is 10.9. The summed E-state index contributed by atoms with van der Waals surface area (Å²) in [6.45, 7) is 0. The van der Waals surface area contributed by atoms with E-state index in [0.29, 0.717) is 10.7 Å². The van der Waals surface area contributed by atoms with Crippen molar-refractivity contribution in [1.29, 1.82) is 0 Å². The Balaban J connectivity index is 2.69. The van der Waals surface area contributed by atoms with Crippen molar-refractivity contribution < 1.29 is 9.90 Å². The lowest BCUT2D eigenvalue weighted by Crippen LogP contribution is -2.08. The molecule has 0 fully saturated rings. The summed E-state index contributed by atoms with van der Waals surface area (Å²) in [4.78, 5) is 10.3. The average Bonchev–Trinajstić information content (AvgIpc) is 2.16. The van der Waals surface area contributed by atoms with Gasteiger partial charge in [-0.1, -0.05) is 23.2 Å². The van der Waals surface area contributed by atoms with Crippen LogP contribution in [0, 0.1) is 0 Å². The lowest BCUT2D eigenvalue weighted by atomic mass is 10.3. The third-order valence-electron chi connectivity index (χ3n) is 1.30. The minimum Gasteiger partial charge on any atom is -0.479 e. The predicted octanol–water partition coefficient (Wildman–Crippen LogP) is 3.07. The number of carboxylic acids is 1. The molecule has 0 saturated heterocycles. The molecule has 0 spiro atoms. The summed E-state index contributed by atoms with van der Waals surface area (Å²) in [5.74, 6) is -1.23. The molecule has 0 aliphatic carbocycles. The van der Waals surface area contributed by atoms with Gasteiger partial charge >= 0.3 is 5.97 Å². The van der Waals surface area contributed by atoms with Crippen LogP contribution in [0.5, 0.6) is 0 Å². The van der Waals surface area contributed by atoms with Crippen LogP contribution >= 0.6 is 23.2 Å². The van der Waals surface area contributed by atoms with Gasteiger partial charge in [0.25, 0.3) is 0 Å². The van der Waals surface area contributed by atoms with Gasteiger partial charge in [0.1, 0.15) is 0 Å². The summed E-state index contributed by atoms with van der Waals surface area (Å²) in [7, 11) is 0. The van der Waals surface area contributed by atoms with Gasteiger partial charge in [-0.2, -0.15) is 10.2 Å². The Morgan fingerprint density at radius 3 is 2.43 bits per heavy atom. The summed E-state index contributed by atoms with van der Waals surface area (Å²) in [5, 5.41) is 16.0. The van der Waals surface area contributed by atoms with Crippen LogP contribution in [0.15, 0.2) is 34.5 Å². The molecule has 1 aromatic carbocycles. The van der Waals surface area contributed by atoms with Gasteiger partial charge in [-0.15, -0.1) is 0 Å². The SMILES string of the molecule is O=C(O)C(Cl)N=Nc1ccc(Cl)cc1. The number of hydrogen-bond donors (Lipinski definition) is 1. The van der Waals surface area contributed by atoms with E-state index in [1.165, 1.54) is 0 Å². The zero-order valence-corrected chi connectivity index (χ0v) is 8.40. The molecular formula is C8H6Cl2N2O2. The van der Waals surface area contributed by atoms with Crippen molar-refractivity contribution in [3.05, 3.63) is 29.3 Å². The van der Waals surface area contributed by atoms with Crippen molar-refractivity contribution in [2.45, 2.75) is 5.50 Å². The molecule has 0 saturated carbocycles. The van der Waals surface area contributed by atoms with E-state index in [2.05, 4.69) is 10.2 Å². The van der Waals surface area contributed by atoms with E-state index in [1.807, 2.05) is 0 Å². The number of aliphatic carboxylic acids is 1. The molecule has 14 heavy (non-hydrogen) atoms. The quantitative estimate of drug-likeness (QED) is 0.495. The monoisotopic (exact) mass is 232 g/mol. The van der Waals surface area contributed by atoms with Crippen molar-refractivity contribution >= 4 is 34.9 Å². The first kappa shape index (κ1) is 10.9. The van der Waals surface area contributed by atoms with E-state index in [-0.39, 0.29) is 0 Å². The highest BCUT2D eigenvalue weighted by atomic mass is 35.5. The van der Waals surface area contributed by atoms with Crippen molar-refractivity contribution in [2.24, 2.45) is 10.2 Å². The number of hydrogen-bond acceptors (Lipinski definition) is 3. The minimum absolute atomic E-state index is 0.501. The molecule has 1 rings (SSSR count). The standard InChI is InChI=1S/C8H6Cl2N2O2/c9-5-1-3-6(4-2-5)11-12-7(10)8(13)14/h1-4,7H,(H,13,14). The number of rotatable bonds is 3. The number of nitrogens with zero attached hydrogens (tertiary/aromatic N) is 2. The number of carboxylic acid groups (broad SMARTS) is 1. The van der Waals surface area contributed by atoms with Gasteiger partial charge < -0.3 is 5.11 Å². The van der Waals surface area contributed by atoms with E-state index in [1.54, 1.807) is 24.3 Å². The van der Waals surface area contributed by atoms with Gasteiger partial charge in [-0.3, -0.25) is 0 Å². The van der Waals surface area contributed by atoms with Crippen LogP contribution in [0.25, 0.3) is 0 Å². The summed E-state index contributed by atoms with van der Waals surface area (Å²) < 4.78 is 0. The molecule has 1 unspecified atom stereocenters. The molecule has 0 aliphatic heterocycles. The lowest BCUT2D eigenvalue weighted by Gasteiger charge is -1.95. The average molecular weight is 233 g/mol. The Morgan fingerprint density at radius 1 is 1.36 bits per heavy atom. The predicted molar refractivity (Wildman–Crippen MR) is 53.2 cm³/mol. The van der Waals surface area contributed by atoms with Gasteiger partial charge in [0.2, 0.25) is 5.50 Å². The Hall–Kier alpha value is -1.13. The van der Waals surface area contributed by atoms with E-state index in [0.717, 1.165) is 0 Å². The molecule has 74 valence electrons. The Bertz CT molecular complexity index is 351. The highest BCUT2D eigenvalue weighted by molar-refractivity contribution is 6.30. The second kappa shape index (κ2) is 4.93. The van der Waals surface area contributed by atoms with Crippen LogP contribution < -0.4 is 0 Å². The van der Waals surface area contributed by atoms with Gasteiger partial charge in [0, 0.05) is 5.02 Å². The number of benzene rings is 1. The molecule has 0 aliphatic rings. The van der Waals surface area contributed by atoms with Crippen molar-refractivity contribution in [1.82, 2.24) is 0 Å². The molecule has 0 amide bonds. The maximum absolute atomic E-state index is 10.3. The second-order valence-electron chi connectivity index (χ2n) is 2.37. The number of alkyl halides is 1. The molecule has 0 heterocycles. The van der Waals surface area contributed by atoms with E-state index in [4.69, 9.17) is 28.3 Å². The van der Waals surface area contributed by atoms with Gasteiger partial charge in [-0.25, -0.2) is 4.79 Å². The van der Waals surface area contributed by atoms with E-state index >= 15 is 0 Å². The van der Waals surface area contributed by atoms with Crippen LogP contribution in [0.4, 0.5) is 5.69 Å². The van der Waals surface area contributed by atoms with E-state index in [9.17, 15) is 4.79 Å². The Kier molecular flexibility index (Phi) is 3.85. The van der Waals surface area contributed by atoms with Gasteiger partial charge in [0.05, 0.1) is 5.69 Å². The first-order chi connectivity index (χ1) is 6.59. The fourth-order valence-electron chi connectivity index (χ4n) is 0.675. The molecule has 4 nitrogen and oxygen atoms in total. The molecule has 1 aromatic rings. The Morgan fingerprint density at radius 2 is 1.93 bits per heavy atom. The molecular weight excluding hydrogens is 227 g/mol. The highest BCUT2D eigenvalue weighted by Crippen LogP contribution is 2.17. The number of halogens is 2. The normalized spacial score (nSPS) is 13.0. The first-order valence-electron chi connectivity index (χ1n) is 3.63. The highest BCUT2D eigenvalue weighted by Gasteiger charge is 2.10. The zero-order valence-electron chi connectivity index (χ0n) is 6.89. The van der Waals surface area contributed by atoms with Gasteiger partial charge in [-0.05, 0) is 24.3 Å². The number of azo groups is 1. The van der Waals surface area contributed by atoms with Crippen molar-refractivity contribution in [3.8, 4) is 0 Å². The van der Waals surface area contributed by atoms with Crippen molar-refractivity contribution in [3.63, 3.8) is 0 Å². The van der Waals surface area contributed by atoms with Crippen molar-refractivity contribution in [2.75, 3.05) is 0 Å². The summed E-state index contributed by atoms with van der Waals surface area (Å²) in [6.07, 6.45) is 0. The largest absolute Gasteiger partial charge is 0.479 e. The fourth-order valence-corrected chi connectivity index (χ4v) is 0.844.